The van der Waals surface area contributed by atoms with Crippen LogP contribution >= 0.6 is 15.9 Å². The Hall–Kier alpha value is -2.34. The molecule has 0 saturated heterocycles. The highest BCUT2D eigenvalue weighted by Gasteiger charge is 2.15. The summed E-state index contributed by atoms with van der Waals surface area (Å²) in [7, 11) is 1.60. The molecule has 126 valence electrons. The fourth-order valence-electron chi connectivity index (χ4n) is 1.99. The molecule has 0 aliphatic heterocycles. The SMILES string of the molecule is CNC(=O)Cc1ccc(NC(=O)C(C)Oc2ccc(Br)cc2)cc1. The Morgan fingerprint density at radius 2 is 1.71 bits per heavy atom. The molecule has 0 radical (unpaired) electrons. The van der Waals surface area contributed by atoms with E-state index in [-0.39, 0.29) is 11.8 Å². The van der Waals surface area contributed by atoms with Crippen LogP contribution in [0.2, 0.25) is 0 Å². The average Bonchev–Trinajstić information content (AvgIpc) is 2.58. The van der Waals surface area contributed by atoms with E-state index in [1.807, 2.05) is 24.3 Å². The molecule has 0 aliphatic rings. The molecule has 0 aromatic heterocycles. The number of likely N-dealkylation sites (N-methyl/N-ethyl adjacent to an activating group) is 1. The maximum absolute atomic E-state index is 12.2. The summed E-state index contributed by atoms with van der Waals surface area (Å²) in [6.07, 6.45) is -0.315. The lowest BCUT2D eigenvalue weighted by Crippen LogP contribution is -2.30. The highest BCUT2D eigenvalue weighted by atomic mass is 79.9. The number of carbonyl (C=O) groups is 2. The Morgan fingerprint density at radius 1 is 1.08 bits per heavy atom. The molecule has 2 amide bonds. The molecule has 2 rings (SSSR count). The van der Waals surface area contributed by atoms with Gasteiger partial charge in [0.1, 0.15) is 5.75 Å². The zero-order valence-electron chi connectivity index (χ0n) is 13.5. The number of nitrogens with one attached hydrogen (secondary N) is 2. The van der Waals surface area contributed by atoms with E-state index in [2.05, 4.69) is 26.6 Å². The van der Waals surface area contributed by atoms with Crippen molar-refractivity contribution >= 4 is 33.4 Å². The van der Waals surface area contributed by atoms with Gasteiger partial charge in [-0.1, -0.05) is 28.1 Å². The number of benzene rings is 2. The molecular weight excluding hydrogens is 372 g/mol. The number of hydrogen-bond donors (Lipinski definition) is 2. The third-order valence-corrected chi connectivity index (χ3v) is 3.89. The zero-order chi connectivity index (χ0) is 17.5. The van der Waals surface area contributed by atoms with E-state index in [0.29, 0.717) is 17.9 Å². The second-order valence-electron chi connectivity index (χ2n) is 5.25. The number of carbonyl (C=O) groups excluding carboxylic acids is 2. The number of ether oxygens (including phenoxy) is 1. The molecule has 2 aromatic rings. The maximum Gasteiger partial charge on any atom is 0.265 e. The molecule has 0 fully saturated rings. The minimum atomic E-state index is -0.628. The highest BCUT2D eigenvalue weighted by molar-refractivity contribution is 9.10. The summed E-state index contributed by atoms with van der Waals surface area (Å²) < 4.78 is 6.56. The summed E-state index contributed by atoms with van der Waals surface area (Å²) in [6, 6.07) is 14.4. The summed E-state index contributed by atoms with van der Waals surface area (Å²) >= 11 is 3.35. The molecule has 1 atom stereocenters. The largest absolute Gasteiger partial charge is 0.481 e. The third kappa shape index (κ3) is 5.38. The lowest BCUT2D eigenvalue weighted by Gasteiger charge is -2.15. The molecule has 24 heavy (non-hydrogen) atoms. The van der Waals surface area contributed by atoms with Crippen LogP contribution in [-0.4, -0.2) is 25.0 Å². The van der Waals surface area contributed by atoms with Crippen LogP contribution in [0.15, 0.2) is 53.0 Å². The van der Waals surface area contributed by atoms with Crippen molar-refractivity contribution < 1.29 is 14.3 Å². The van der Waals surface area contributed by atoms with Crippen LogP contribution in [0.1, 0.15) is 12.5 Å². The van der Waals surface area contributed by atoms with E-state index in [1.165, 1.54) is 0 Å². The molecule has 2 N–H and O–H groups in total. The van der Waals surface area contributed by atoms with Gasteiger partial charge in [-0.05, 0) is 48.9 Å². The molecule has 0 saturated carbocycles. The first-order valence-corrected chi connectivity index (χ1v) is 8.30. The Morgan fingerprint density at radius 3 is 2.29 bits per heavy atom. The minimum Gasteiger partial charge on any atom is -0.481 e. The Kier molecular flexibility index (Phi) is 6.37. The fraction of sp³-hybridized carbons (Fsp3) is 0.222. The first-order chi connectivity index (χ1) is 11.5. The lowest BCUT2D eigenvalue weighted by atomic mass is 10.1. The maximum atomic E-state index is 12.2. The van der Waals surface area contributed by atoms with Gasteiger partial charge in [-0.3, -0.25) is 9.59 Å². The first-order valence-electron chi connectivity index (χ1n) is 7.50. The number of rotatable bonds is 6. The van der Waals surface area contributed by atoms with E-state index < -0.39 is 6.10 Å². The number of hydrogen-bond acceptors (Lipinski definition) is 3. The quantitative estimate of drug-likeness (QED) is 0.795. The van der Waals surface area contributed by atoms with Crippen molar-refractivity contribution in [3.05, 3.63) is 58.6 Å². The summed E-state index contributed by atoms with van der Waals surface area (Å²) in [5.74, 6) is 0.335. The van der Waals surface area contributed by atoms with Crippen molar-refractivity contribution in [3.63, 3.8) is 0 Å². The molecule has 5 nitrogen and oxygen atoms in total. The van der Waals surface area contributed by atoms with E-state index in [0.717, 1.165) is 10.0 Å². The van der Waals surface area contributed by atoms with Crippen molar-refractivity contribution in [2.24, 2.45) is 0 Å². The van der Waals surface area contributed by atoms with Crippen molar-refractivity contribution in [2.75, 3.05) is 12.4 Å². The number of halogens is 1. The second kappa shape index (κ2) is 8.49. The standard InChI is InChI=1S/C18H19BrN2O3/c1-12(24-16-9-5-14(19)6-10-16)18(23)21-15-7-3-13(4-8-15)11-17(22)20-2/h3-10,12H,11H2,1-2H3,(H,20,22)(H,21,23). The van der Waals surface area contributed by atoms with Crippen LogP contribution in [0, 0.1) is 0 Å². The van der Waals surface area contributed by atoms with Crippen molar-refractivity contribution in [1.29, 1.82) is 0 Å². The summed E-state index contributed by atoms with van der Waals surface area (Å²) in [5, 5.41) is 5.37. The zero-order valence-corrected chi connectivity index (χ0v) is 15.1. The predicted molar refractivity (Wildman–Crippen MR) is 97.1 cm³/mol. The van der Waals surface area contributed by atoms with Crippen molar-refractivity contribution in [3.8, 4) is 5.75 Å². The van der Waals surface area contributed by atoms with Gasteiger partial charge < -0.3 is 15.4 Å². The van der Waals surface area contributed by atoms with Gasteiger partial charge in [-0.25, -0.2) is 0 Å². The number of anilines is 1. The molecule has 0 aliphatic carbocycles. The number of amides is 2. The van der Waals surface area contributed by atoms with Crippen LogP contribution in [0.3, 0.4) is 0 Å². The van der Waals surface area contributed by atoms with Crippen molar-refractivity contribution in [2.45, 2.75) is 19.4 Å². The van der Waals surface area contributed by atoms with Gasteiger partial charge in [0.05, 0.1) is 6.42 Å². The fourth-order valence-corrected chi connectivity index (χ4v) is 2.26. The van der Waals surface area contributed by atoms with Gasteiger partial charge in [0.2, 0.25) is 5.91 Å². The minimum absolute atomic E-state index is 0.0525. The molecule has 1 unspecified atom stereocenters. The lowest BCUT2D eigenvalue weighted by molar-refractivity contribution is -0.122. The van der Waals surface area contributed by atoms with Crippen LogP contribution < -0.4 is 15.4 Å². The Bertz CT molecular complexity index is 699. The van der Waals surface area contributed by atoms with Gasteiger partial charge in [0.15, 0.2) is 6.10 Å². The van der Waals surface area contributed by atoms with Crippen LogP contribution in [0.25, 0.3) is 0 Å². The Balaban J connectivity index is 1.91. The molecule has 6 heteroatoms. The van der Waals surface area contributed by atoms with Gasteiger partial charge >= 0.3 is 0 Å². The topological polar surface area (TPSA) is 67.4 Å². The third-order valence-electron chi connectivity index (χ3n) is 3.36. The van der Waals surface area contributed by atoms with Gasteiger partial charge in [0, 0.05) is 17.2 Å². The first kappa shape index (κ1) is 18.0. The summed E-state index contributed by atoms with van der Waals surface area (Å²) in [6.45, 7) is 1.69. The smallest absolute Gasteiger partial charge is 0.265 e. The second-order valence-corrected chi connectivity index (χ2v) is 6.17. The van der Waals surface area contributed by atoms with Gasteiger partial charge in [-0.2, -0.15) is 0 Å². The molecule has 0 heterocycles. The predicted octanol–water partition coefficient (Wildman–Crippen LogP) is 3.14. The van der Waals surface area contributed by atoms with Gasteiger partial charge in [-0.15, -0.1) is 0 Å². The van der Waals surface area contributed by atoms with E-state index >= 15 is 0 Å². The highest BCUT2D eigenvalue weighted by Crippen LogP contribution is 2.18. The van der Waals surface area contributed by atoms with E-state index in [1.54, 1.807) is 38.2 Å². The normalized spacial score (nSPS) is 11.5. The molecule has 0 spiro atoms. The van der Waals surface area contributed by atoms with E-state index in [9.17, 15) is 9.59 Å². The Labute approximate surface area is 149 Å². The average molecular weight is 391 g/mol. The van der Waals surface area contributed by atoms with Crippen LogP contribution in [0.5, 0.6) is 5.75 Å². The summed E-state index contributed by atoms with van der Waals surface area (Å²) in [4.78, 5) is 23.5. The molecule has 2 aromatic carbocycles. The monoisotopic (exact) mass is 390 g/mol. The molecule has 0 bridgehead atoms. The van der Waals surface area contributed by atoms with E-state index in [4.69, 9.17) is 4.74 Å². The van der Waals surface area contributed by atoms with Crippen LogP contribution in [0.4, 0.5) is 5.69 Å². The van der Waals surface area contributed by atoms with Gasteiger partial charge in [0.25, 0.3) is 5.91 Å². The van der Waals surface area contributed by atoms with Crippen LogP contribution in [-0.2, 0) is 16.0 Å². The molecular formula is C18H19BrN2O3. The van der Waals surface area contributed by atoms with Crippen molar-refractivity contribution in [1.82, 2.24) is 5.32 Å². The summed E-state index contributed by atoms with van der Waals surface area (Å²) in [5.41, 5.74) is 1.54.